The van der Waals surface area contributed by atoms with E-state index in [0.717, 1.165) is 17.7 Å². The van der Waals surface area contributed by atoms with Gasteiger partial charge >= 0.3 is 0 Å². The number of rotatable bonds is 4. The molecule has 0 fully saturated rings. The second-order valence-electron chi connectivity index (χ2n) is 4.41. The standard InChI is InChI=1S/C14H13F2NO3S/c1-9-3-4-13(14(5-9)20-2)17-21(18,19)12-7-10(15)6-11(16)8-12/h3-8,17H,1-2H3. The Bertz CT molecular complexity index is 756. The van der Waals surface area contributed by atoms with Crippen LogP contribution in [-0.4, -0.2) is 15.5 Å². The van der Waals surface area contributed by atoms with E-state index in [2.05, 4.69) is 4.72 Å². The predicted octanol–water partition coefficient (Wildman–Crippen LogP) is 3.08. The van der Waals surface area contributed by atoms with Crippen molar-refractivity contribution in [3.63, 3.8) is 0 Å². The minimum absolute atomic E-state index is 0.188. The smallest absolute Gasteiger partial charge is 0.262 e. The summed E-state index contributed by atoms with van der Waals surface area (Å²) in [7, 11) is -2.72. The first-order valence-electron chi connectivity index (χ1n) is 5.95. The van der Waals surface area contributed by atoms with Gasteiger partial charge in [-0.2, -0.15) is 0 Å². The monoisotopic (exact) mass is 313 g/mol. The highest BCUT2D eigenvalue weighted by Gasteiger charge is 2.18. The Morgan fingerprint density at radius 3 is 2.24 bits per heavy atom. The second-order valence-corrected chi connectivity index (χ2v) is 6.10. The van der Waals surface area contributed by atoms with Gasteiger partial charge in [-0.05, 0) is 36.8 Å². The average Bonchev–Trinajstić information content (AvgIpc) is 2.39. The number of hydrogen-bond donors (Lipinski definition) is 1. The third kappa shape index (κ3) is 3.49. The van der Waals surface area contributed by atoms with Gasteiger partial charge in [0.1, 0.15) is 17.4 Å². The summed E-state index contributed by atoms with van der Waals surface area (Å²) >= 11 is 0. The molecular formula is C14H13F2NO3S. The predicted molar refractivity (Wildman–Crippen MR) is 74.9 cm³/mol. The molecule has 2 aromatic rings. The molecule has 2 rings (SSSR count). The quantitative estimate of drug-likeness (QED) is 0.944. The minimum Gasteiger partial charge on any atom is -0.495 e. The van der Waals surface area contributed by atoms with E-state index < -0.39 is 26.6 Å². The van der Waals surface area contributed by atoms with E-state index in [1.807, 2.05) is 6.92 Å². The van der Waals surface area contributed by atoms with Crippen LogP contribution in [0.4, 0.5) is 14.5 Å². The molecule has 4 nitrogen and oxygen atoms in total. The van der Waals surface area contributed by atoms with E-state index in [4.69, 9.17) is 4.74 Å². The average molecular weight is 313 g/mol. The highest BCUT2D eigenvalue weighted by Crippen LogP contribution is 2.28. The summed E-state index contributed by atoms with van der Waals surface area (Å²) in [5.74, 6) is -1.62. The van der Waals surface area contributed by atoms with Gasteiger partial charge in [-0.3, -0.25) is 4.72 Å². The van der Waals surface area contributed by atoms with E-state index in [9.17, 15) is 17.2 Å². The highest BCUT2D eigenvalue weighted by molar-refractivity contribution is 7.92. The second kappa shape index (κ2) is 5.69. The molecule has 2 aromatic carbocycles. The molecule has 0 aromatic heterocycles. The number of anilines is 1. The summed E-state index contributed by atoms with van der Waals surface area (Å²) in [6.45, 7) is 1.82. The van der Waals surface area contributed by atoms with Crippen molar-refractivity contribution in [1.29, 1.82) is 0 Å². The Balaban J connectivity index is 2.42. The molecular weight excluding hydrogens is 300 g/mol. The van der Waals surface area contributed by atoms with Crippen molar-refractivity contribution in [3.8, 4) is 5.75 Å². The Morgan fingerprint density at radius 2 is 1.67 bits per heavy atom. The van der Waals surface area contributed by atoms with E-state index >= 15 is 0 Å². The van der Waals surface area contributed by atoms with Crippen molar-refractivity contribution in [1.82, 2.24) is 0 Å². The van der Waals surface area contributed by atoms with Crippen molar-refractivity contribution >= 4 is 15.7 Å². The molecule has 0 aliphatic rings. The van der Waals surface area contributed by atoms with Gasteiger partial charge < -0.3 is 4.74 Å². The van der Waals surface area contributed by atoms with E-state index in [1.165, 1.54) is 13.2 Å². The molecule has 0 saturated carbocycles. The fraction of sp³-hybridized carbons (Fsp3) is 0.143. The molecule has 0 spiro atoms. The summed E-state index contributed by atoms with van der Waals surface area (Å²) in [6, 6.07) is 6.93. The zero-order valence-electron chi connectivity index (χ0n) is 11.4. The lowest BCUT2D eigenvalue weighted by molar-refractivity contribution is 0.416. The first-order valence-corrected chi connectivity index (χ1v) is 7.44. The molecule has 1 N–H and O–H groups in total. The number of ether oxygens (including phenoxy) is 1. The molecule has 0 unspecified atom stereocenters. The molecule has 0 aliphatic heterocycles. The van der Waals surface area contributed by atoms with Crippen molar-refractivity contribution in [3.05, 3.63) is 53.6 Å². The molecule has 0 atom stereocenters. The highest BCUT2D eigenvalue weighted by atomic mass is 32.2. The summed E-state index contributed by atoms with van der Waals surface area (Å²) in [5.41, 5.74) is 1.07. The van der Waals surface area contributed by atoms with Crippen molar-refractivity contribution in [2.45, 2.75) is 11.8 Å². The molecule has 0 amide bonds. The fourth-order valence-electron chi connectivity index (χ4n) is 1.77. The van der Waals surface area contributed by atoms with E-state index in [0.29, 0.717) is 11.8 Å². The van der Waals surface area contributed by atoms with Crippen molar-refractivity contribution < 1.29 is 21.9 Å². The summed E-state index contributed by atoms with van der Waals surface area (Å²) in [4.78, 5) is -0.498. The number of hydrogen-bond acceptors (Lipinski definition) is 3. The first-order chi connectivity index (χ1) is 9.81. The summed E-state index contributed by atoms with van der Waals surface area (Å²) in [5, 5.41) is 0. The molecule has 0 bridgehead atoms. The molecule has 0 heterocycles. The zero-order chi connectivity index (χ0) is 15.6. The maximum absolute atomic E-state index is 13.1. The van der Waals surface area contributed by atoms with Crippen LogP contribution in [0.5, 0.6) is 5.75 Å². The van der Waals surface area contributed by atoms with Gasteiger partial charge in [0.2, 0.25) is 0 Å². The van der Waals surface area contributed by atoms with Crippen LogP contribution in [0.3, 0.4) is 0 Å². The van der Waals surface area contributed by atoms with Gasteiger partial charge in [0.05, 0.1) is 17.7 Å². The third-order valence-corrected chi connectivity index (χ3v) is 4.09. The lowest BCUT2D eigenvalue weighted by Crippen LogP contribution is -2.14. The molecule has 112 valence electrons. The lowest BCUT2D eigenvalue weighted by atomic mass is 10.2. The van der Waals surface area contributed by atoms with Crippen LogP contribution in [0.1, 0.15) is 5.56 Å². The number of nitrogens with one attached hydrogen (secondary N) is 1. The van der Waals surface area contributed by atoms with Crippen LogP contribution >= 0.6 is 0 Å². The maximum Gasteiger partial charge on any atom is 0.262 e. The van der Waals surface area contributed by atoms with Crippen LogP contribution in [0.15, 0.2) is 41.3 Å². The van der Waals surface area contributed by atoms with E-state index in [-0.39, 0.29) is 5.69 Å². The number of sulfonamides is 1. The maximum atomic E-state index is 13.1. The topological polar surface area (TPSA) is 55.4 Å². The summed E-state index contributed by atoms with van der Waals surface area (Å²) in [6.07, 6.45) is 0. The van der Waals surface area contributed by atoms with Crippen LogP contribution in [0.2, 0.25) is 0 Å². The fourth-order valence-corrected chi connectivity index (χ4v) is 2.88. The van der Waals surface area contributed by atoms with Gasteiger partial charge in [0.15, 0.2) is 0 Å². The van der Waals surface area contributed by atoms with Gasteiger partial charge in [-0.1, -0.05) is 6.07 Å². The Kier molecular flexibility index (Phi) is 4.13. The normalized spacial score (nSPS) is 11.2. The SMILES string of the molecule is COc1cc(C)ccc1NS(=O)(=O)c1cc(F)cc(F)c1. The van der Waals surface area contributed by atoms with Crippen LogP contribution in [0.25, 0.3) is 0 Å². The van der Waals surface area contributed by atoms with Crippen LogP contribution < -0.4 is 9.46 Å². The largest absolute Gasteiger partial charge is 0.495 e. The Labute approximate surface area is 121 Å². The molecule has 0 saturated heterocycles. The molecule has 0 aliphatic carbocycles. The number of halogens is 2. The lowest BCUT2D eigenvalue weighted by Gasteiger charge is -2.12. The van der Waals surface area contributed by atoms with Gasteiger partial charge in [0.25, 0.3) is 10.0 Å². The van der Waals surface area contributed by atoms with Crippen molar-refractivity contribution in [2.75, 3.05) is 11.8 Å². The number of aryl methyl sites for hydroxylation is 1. The van der Waals surface area contributed by atoms with E-state index in [1.54, 1.807) is 12.1 Å². The first kappa shape index (κ1) is 15.2. The number of benzene rings is 2. The van der Waals surface area contributed by atoms with Crippen LogP contribution in [0, 0.1) is 18.6 Å². The zero-order valence-corrected chi connectivity index (χ0v) is 12.2. The van der Waals surface area contributed by atoms with Crippen LogP contribution in [-0.2, 0) is 10.0 Å². The van der Waals surface area contributed by atoms with Gasteiger partial charge in [0, 0.05) is 6.07 Å². The number of methoxy groups -OCH3 is 1. The minimum atomic E-state index is -4.11. The third-order valence-electron chi connectivity index (χ3n) is 2.75. The van der Waals surface area contributed by atoms with Crippen molar-refractivity contribution in [2.24, 2.45) is 0 Å². The van der Waals surface area contributed by atoms with Gasteiger partial charge in [-0.25, -0.2) is 17.2 Å². The molecule has 7 heteroatoms. The van der Waals surface area contributed by atoms with Gasteiger partial charge in [-0.15, -0.1) is 0 Å². The summed E-state index contributed by atoms with van der Waals surface area (Å²) < 4.78 is 57.9. The Hall–Kier alpha value is -2.15. The molecule has 0 radical (unpaired) electrons. The molecule has 21 heavy (non-hydrogen) atoms. The Morgan fingerprint density at radius 1 is 1.05 bits per heavy atom.